The Morgan fingerprint density at radius 2 is 2.00 bits per heavy atom. The summed E-state index contributed by atoms with van der Waals surface area (Å²) >= 11 is 0. The van der Waals surface area contributed by atoms with Crippen molar-refractivity contribution in [1.82, 2.24) is 10.6 Å². The summed E-state index contributed by atoms with van der Waals surface area (Å²) < 4.78 is 35.5. The highest BCUT2D eigenvalue weighted by Gasteiger charge is 2.04. The molecule has 0 spiro atoms. The largest absolute Gasteiger partial charge is 0.357 e. The molecule has 0 aliphatic heterocycles. The maximum absolute atomic E-state index is 13.4. The highest BCUT2D eigenvalue weighted by atomic mass is 32.2. The van der Waals surface area contributed by atoms with Crippen molar-refractivity contribution in [3.05, 3.63) is 35.6 Å². The Hall–Kier alpha value is -1.63. The van der Waals surface area contributed by atoms with Crippen LogP contribution < -0.4 is 10.6 Å². The summed E-state index contributed by atoms with van der Waals surface area (Å²) in [5.41, 5.74) is 0.493. The lowest BCUT2D eigenvalue weighted by molar-refractivity contribution is 0.600. The Bertz CT molecular complexity index is 558. The van der Waals surface area contributed by atoms with Crippen LogP contribution in [0.5, 0.6) is 0 Å². The van der Waals surface area contributed by atoms with E-state index in [9.17, 15) is 12.8 Å². The molecule has 1 aromatic carbocycles. The average molecular weight is 301 g/mol. The molecule has 0 radical (unpaired) electrons. The van der Waals surface area contributed by atoms with Gasteiger partial charge in [0, 0.05) is 24.9 Å². The monoisotopic (exact) mass is 301 g/mol. The van der Waals surface area contributed by atoms with Crippen LogP contribution in [0, 0.1) is 5.82 Å². The number of aliphatic imine (C=N–C) groups is 1. The fourth-order valence-electron chi connectivity index (χ4n) is 1.49. The molecule has 0 atom stereocenters. The van der Waals surface area contributed by atoms with Crippen molar-refractivity contribution in [2.75, 3.05) is 25.1 Å². The molecule has 0 unspecified atom stereocenters. The van der Waals surface area contributed by atoms with Crippen molar-refractivity contribution in [1.29, 1.82) is 0 Å². The fraction of sp³-hybridized carbons (Fsp3) is 0.462. The van der Waals surface area contributed by atoms with E-state index in [2.05, 4.69) is 15.6 Å². The van der Waals surface area contributed by atoms with E-state index in [4.69, 9.17) is 0 Å². The lowest BCUT2D eigenvalue weighted by Crippen LogP contribution is -2.39. The number of hydrogen-bond donors (Lipinski definition) is 2. The highest BCUT2D eigenvalue weighted by Crippen LogP contribution is 2.07. The Balaban J connectivity index is 2.61. The van der Waals surface area contributed by atoms with Crippen molar-refractivity contribution >= 4 is 15.8 Å². The van der Waals surface area contributed by atoms with Crippen LogP contribution in [0.2, 0.25) is 0 Å². The molecule has 112 valence electrons. The summed E-state index contributed by atoms with van der Waals surface area (Å²) in [7, 11) is -3.01. The zero-order chi connectivity index (χ0) is 15.0. The van der Waals surface area contributed by atoms with Crippen molar-refractivity contribution in [2.45, 2.75) is 13.5 Å². The standard InChI is InChI=1S/C13H20FN3O2S/c1-3-15-13(16-8-9-20(2,18)19)17-10-11-6-4-5-7-12(11)14/h4-7H,3,8-10H2,1-2H3,(H2,15,16,17). The maximum Gasteiger partial charge on any atom is 0.191 e. The van der Waals surface area contributed by atoms with E-state index < -0.39 is 9.84 Å². The molecule has 1 aromatic rings. The molecule has 7 heteroatoms. The summed E-state index contributed by atoms with van der Waals surface area (Å²) in [6.45, 7) is 3.00. The van der Waals surface area contributed by atoms with E-state index in [1.165, 1.54) is 12.3 Å². The quantitative estimate of drug-likeness (QED) is 0.606. The second kappa shape index (κ2) is 7.84. The topological polar surface area (TPSA) is 70.6 Å². The molecule has 2 N–H and O–H groups in total. The van der Waals surface area contributed by atoms with Gasteiger partial charge in [-0.3, -0.25) is 0 Å². The normalized spacial score (nSPS) is 12.2. The SMILES string of the molecule is CCNC(=NCc1ccccc1F)NCCS(C)(=O)=O. The number of halogens is 1. The van der Waals surface area contributed by atoms with Crippen molar-refractivity contribution < 1.29 is 12.8 Å². The van der Waals surface area contributed by atoms with Crippen LogP contribution in [0.3, 0.4) is 0 Å². The molecule has 0 aliphatic carbocycles. The molecular formula is C13H20FN3O2S. The summed E-state index contributed by atoms with van der Waals surface area (Å²) in [5.74, 6) is 0.194. The average Bonchev–Trinajstić information content (AvgIpc) is 2.36. The van der Waals surface area contributed by atoms with E-state index >= 15 is 0 Å². The number of benzene rings is 1. The Labute approximate surface area is 119 Å². The van der Waals surface area contributed by atoms with Crippen molar-refractivity contribution in [3.8, 4) is 0 Å². The predicted octanol–water partition coefficient (Wildman–Crippen LogP) is 0.925. The third kappa shape index (κ3) is 6.51. The minimum atomic E-state index is -3.01. The Morgan fingerprint density at radius 3 is 2.60 bits per heavy atom. The lowest BCUT2D eigenvalue weighted by Gasteiger charge is -2.10. The van der Waals surface area contributed by atoms with Gasteiger partial charge in [-0.2, -0.15) is 0 Å². The van der Waals surface area contributed by atoms with Gasteiger partial charge in [-0.1, -0.05) is 18.2 Å². The molecule has 0 heterocycles. The molecule has 0 aliphatic rings. The summed E-state index contributed by atoms with van der Waals surface area (Å²) in [4.78, 5) is 4.22. The van der Waals surface area contributed by atoms with Crippen LogP contribution in [-0.2, 0) is 16.4 Å². The molecule has 0 aromatic heterocycles. The van der Waals surface area contributed by atoms with Gasteiger partial charge >= 0.3 is 0 Å². The first-order valence-electron chi connectivity index (χ1n) is 6.35. The Morgan fingerprint density at radius 1 is 1.30 bits per heavy atom. The fourth-order valence-corrected chi connectivity index (χ4v) is 1.96. The Kier molecular flexibility index (Phi) is 6.44. The molecule has 0 amide bonds. The number of rotatable bonds is 6. The minimum Gasteiger partial charge on any atom is -0.357 e. The van der Waals surface area contributed by atoms with E-state index in [0.29, 0.717) is 18.1 Å². The molecule has 0 bridgehead atoms. The van der Waals surface area contributed by atoms with Crippen LogP contribution in [0.1, 0.15) is 12.5 Å². The van der Waals surface area contributed by atoms with Gasteiger partial charge in [0.05, 0.1) is 12.3 Å². The molecule has 0 saturated heterocycles. The third-order valence-corrected chi connectivity index (χ3v) is 3.42. The van der Waals surface area contributed by atoms with Gasteiger partial charge in [0.25, 0.3) is 0 Å². The van der Waals surface area contributed by atoms with Gasteiger partial charge in [0.1, 0.15) is 15.7 Å². The van der Waals surface area contributed by atoms with Gasteiger partial charge in [0.15, 0.2) is 5.96 Å². The maximum atomic E-state index is 13.4. The smallest absolute Gasteiger partial charge is 0.191 e. The molecule has 0 saturated carbocycles. The molecular weight excluding hydrogens is 281 g/mol. The second-order valence-corrected chi connectivity index (χ2v) is 6.60. The summed E-state index contributed by atoms with van der Waals surface area (Å²) in [6.07, 6.45) is 1.18. The van der Waals surface area contributed by atoms with Gasteiger partial charge in [-0.15, -0.1) is 0 Å². The zero-order valence-corrected chi connectivity index (χ0v) is 12.5. The molecule has 0 fully saturated rings. The first-order valence-corrected chi connectivity index (χ1v) is 8.41. The molecule has 20 heavy (non-hydrogen) atoms. The highest BCUT2D eigenvalue weighted by molar-refractivity contribution is 7.90. The zero-order valence-electron chi connectivity index (χ0n) is 11.7. The number of sulfone groups is 1. The van der Waals surface area contributed by atoms with Crippen LogP contribution in [0.25, 0.3) is 0 Å². The van der Waals surface area contributed by atoms with Gasteiger partial charge in [0.2, 0.25) is 0 Å². The van der Waals surface area contributed by atoms with Gasteiger partial charge in [-0.25, -0.2) is 17.8 Å². The lowest BCUT2D eigenvalue weighted by atomic mass is 10.2. The predicted molar refractivity (Wildman–Crippen MR) is 78.9 cm³/mol. The van der Waals surface area contributed by atoms with E-state index in [-0.39, 0.29) is 24.7 Å². The van der Waals surface area contributed by atoms with E-state index in [1.807, 2.05) is 6.92 Å². The van der Waals surface area contributed by atoms with Crippen LogP contribution in [-0.4, -0.2) is 39.5 Å². The van der Waals surface area contributed by atoms with Crippen LogP contribution >= 0.6 is 0 Å². The minimum absolute atomic E-state index is 0.0249. The van der Waals surface area contributed by atoms with Crippen LogP contribution in [0.4, 0.5) is 4.39 Å². The first-order chi connectivity index (χ1) is 9.42. The molecule has 5 nitrogen and oxygen atoms in total. The van der Waals surface area contributed by atoms with Gasteiger partial charge in [-0.05, 0) is 13.0 Å². The van der Waals surface area contributed by atoms with Gasteiger partial charge < -0.3 is 10.6 Å². The summed E-state index contributed by atoms with van der Waals surface area (Å²) in [6, 6.07) is 6.42. The number of nitrogens with one attached hydrogen (secondary N) is 2. The molecule has 1 rings (SSSR count). The van der Waals surface area contributed by atoms with Crippen LogP contribution in [0.15, 0.2) is 29.3 Å². The third-order valence-electron chi connectivity index (χ3n) is 2.47. The number of nitrogens with zero attached hydrogens (tertiary/aromatic N) is 1. The van der Waals surface area contributed by atoms with E-state index in [0.717, 1.165) is 0 Å². The second-order valence-electron chi connectivity index (χ2n) is 4.34. The van der Waals surface area contributed by atoms with Crippen molar-refractivity contribution in [3.63, 3.8) is 0 Å². The first kappa shape index (κ1) is 16.4. The van der Waals surface area contributed by atoms with Crippen molar-refractivity contribution in [2.24, 2.45) is 4.99 Å². The summed E-state index contributed by atoms with van der Waals surface area (Å²) in [5, 5.41) is 5.88. The van der Waals surface area contributed by atoms with E-state index in [1.54, 1.807) is 18.2 Å². The number of guanidine groups is 1. The number of hydrogen-bond acceptors (Lipinski definition) is 3.